The highest BCUT2D eigenvalue weighted by Crippen LogP contribution is 2.36. The van der Waals surface area contributed by atoms with E-state index < -0.39 is 0 Å². The molecule has 0 atom stereocenters. The quantitative estimate of drug-likeness (QED) is 0.381. The summed E-state index contributed by atoms with van der Waals surface area (Å²) in [6, 6.07) is 24.7. The van der Waals surface area contributed by atoms with Crippen molar-refractivity contribution in [2.24, 2.45) is 0 Å². The first-order valence-corrected chi connectivity index (χ1v) is 9.17. The molecule has 4 nitrogen and oxygen atoms in total. The van der Waals surface area contributed by atoms with Crippen LogP contribution in [0.25, 0.3) is 49.9 Å². The van der Waals surface area contributed by atoms with E-state index in [1.54, 1.807) is 18.7 Å². The number of pyridine rings is 2. The number of para-hydroxylation sites is 1. The molecule has 4 heterocycles. The van der Waals surface area contributed by atoms with Gasteiger partial charge in [0.1, 0.15) is 5.82 Å². The van der Waals surface area contributed by atoms with Crippen LogP contribution in [-0.4, -0.2) is 14.5 Å². The summed E-state index contributed by atoms with van der Waals surface area (Å²) in [6.07, 6.45) is 5.32. The van der Waals surface area contributed by atoms with Crippen LogP contribution >= 0.6 is 0 Å². The van der Waals surface area contributed by atoms with Gasteiger partial charge in [0.05, 0.1) is 23.0 Å². The number of furan rings is 1. The van der Waals surface area contributed by atoms with Crippen LogP contribution in [0.4, 0.5) is 0 Å². The van der Waals surface area contributed by atoms with E-state index in [4.69, 9.17) is 9.40 Å². The Kier molecular flexibility index (Phi) is 3.14. The predicted molar refractivity (Wildman–Crippen MR) is 112 cm³/mol. The molecule has 0 aliphatic carbocycles. The zero-order valence-electron chi connectivity index (χ0n) is 14.9. The monoisotopic (exact) mass is 361 g/mol. The molecule has 0 amide bonds. The van der Waals surface area contributed by atoms with E-state index in [9.17, 15) is 0 Å². The molecule has 0 fully saturated rings. The largest absolute Gasteiger partial charge is 0.462 e. The van der Waals surface area contributed by atoms with Crippen molar-refractivity contribution in [3.63, 3.8) is 0 Å². The fraction of sp³-hybridized carbons (Fsp3) is 0. The number of aromatic nitrogens is 3. The van der Waals surface area contributed by atoms with Gasteiger partial charge in [0.2, 0.25) is 0 Å². The van der Waals surface area contributed by atoms with Crippen molar-refractivity contribution >= 4 is 32.8 Å². The highest BCUT2D eigenvalue weighted by molar-refractivity contribution is 6.16. The van der Waals surface area contributed by atoms with Gasteiger partial charge in [-0.15, -0.1) is 0 Å². The molecule has 4 heteroatoms. The minimum Gasteiger partial charge on any atom is -0.462 e. The Morgan fingerprint density at radius 3 is 2.57 bits per heavy atom. The summed E-state index contributed by atoms with van der Waals surface area (Å²) in [5.41, 5.74) is 4.99. The average molecular weight is 361 g/mol. The van der Waals surface area contributed by atoms with Crippen LogP contribution in [0, 0.1) is 0 Å². The molecule has 0 spiro atoms. The molecule has 6 aromatic rings. The Morgan fingerprint density at radius 2 is 1.64 bits per heavy atom. The molecule has 0 aliphatic rings. The van der Waals surface area contributed by atoms with E-state index in [-0.39, 0.29) is 0 Å². The Balaban J connectivity index is 1.73. The fourth-order valence-electron chi connectivity index (χ4n) is 3.94. The molecule has 2 aromatic carbocycles. The lowest BCUT2D eigenvalue weighted by Crippen LogP contribution is -1.98. The summed E-state index contributed by atoms with van der Waals surface area (Å²) in [5.74, 6) is 0.865. The highest BCUT2D eigenvalue weighted by Gasteiger charge is 2.17. The van der Waals surface area contributed by atoms with Crippen LogP contribution in [0.15, 0.2) is 95.9 Å². The molecule has 6 rings (SSSR count). The maximum Gasteiger partial charge on any atom is 0.158 e. The molecule has 28 heavy (non-hydrogen) atoms. The van der Waals surface area contributed by atoms with Crippen LogP contribution < -0.4 is 0 Å². The zero-order valence-corrected chi connectivity index (χ0v) is 14.9. The van der Waals surface area contributed by atoms with Gasteiger partial charge in [-0.25, -0.2) is 4.98 Å². The second kappa shape index (κ2) is 5.79. The minimum absolute atomic E-state index is 0.865. The lowest BCUT2D eigenvalue weighted by Gasteiger charge is -2.09. The molecular weight excluding hydrogens is 346 g/mol. The Morgan fingerprint density at radius 1 is 0.750 bits per heavy atom. The van der Waals surface area contributed by atoms with Crippen LogP contribution in [0.1, 0.15) is 0 Å². The first-order chi connectivity index (χ1) is 13.9. The Bertz CT molecular complexity index is 1460. The SMILES string of the molecule is c1cc(-c2ccncc2)nc(-n2c3ccccc3c3ccc4ccoc4c32)c1. The van der Waals surface area contributed by atoms with Crippen LogP contribution in [0.5, 0.6) is 0 Å². The molecule has 132 valence electrons. The van der Waals surface area contributed by atoms with Crippen molar-refractivity contribution in [2.45, 2.75) is 0 Å². The average Bonchev–Trinajstić information content (AvgIpc) is 3.37. The molecule has 0 bridgehead atoms. The molecule has 0 radical (unpaired) electrons. The highest BCUT2D eigenvalue weighted by atomic mass is 16.3. The lowest BCUT2D eigenvalue weighted by molar-refractivity contribution is 0.618. The maximum atomic E-state index is 5.88. The molecule has 4 aromatic heterocycles. The van der Waals surface area contributed by atoms with Gasteiger partial charge in [-0.3, -0.25) is 9.55 Å². The van der Waals surface area contributed by atoms with Crippen molar-refractivity contribution in [2.75, 3.05) is 0 Å². The zero-order chi connectivity index (χ0) is 18.5. The van der Waals surface area contributed by atoms with Gasteiger partial charge in [-0.2, -0.15) is 0 Å². The van der Waals surface area contributed by atoms with E-state index in [0.29, 0.717) is 0 Å². The number of hydrogen-bond donors (Lipinski definition) is 0. The van der Waals surface area contributed by atoms with E-state index in [0.717, 1.165) is 44.5 Å². The topological polar surface area (TPSA) is 43.9 Å². The lowest BCUT2D eigenvalue weighted by atomic mass is 10.1. The van der Waals surface area contributed by atoms with Gasteiger partial charge in [0.15, 0.2) is 5.58 Å². The smallest absolute Gasteiger partial charge is 0.158 e. The first kappa shape index (κ1) is 15.2. The molecule has 0 saturated carbocycles. The third kappa shape index (κ3) is 2.12. The predicted octanol–water partition coefficient (Wildman–Crippen LogP) is 5.99. The van der Waals surface area contributed by atoms with E-state index in [1.165, 1.54) is 5.39 Å². The van der Waals surface area contributed by atoms with Crippen LogP contribution in [0.2, 0.25) is 0 Å². The maximum absolute atomic E-state index is 5.88. The van der Waals surface area contributed by atoms with Crippen LogP contribution in [0.3, 0.4) is 0 Å². The van der Waals surface area contributed by atoms with Gasteiger partial charge in [0.25, 0.3) is 0 Å². The van der Waals surface area contributed by atoms with Gasteiger partial charge >= 0.3 is 0 Å². The van der Waals surface area contributed by atoms with E-state index in [2.05, 4.69) is 45.9 Å². The Hall–Kier alpha value is -3.92. The van der Waals surface area contributed by atoms with E-state index >= 15 is 0 Å². The summed E-state index contributed by atoms with van der Waals surface area (Å²) < 4.78 is 8.08. The normalized spacial score (nSPS) is 11.6. The number of benzene rings is 2. The number of fused-ring (bicyclic) bond motifs is 5. The number of rotatable bonds is 2. The minimum atomic E-state index is 0.865. The standard InChI is InChI=1S/C24H15N3O/c1-2-6-21-18(4-1)19-9-8-17-12-15-28-24(17)23(19)27(21)22-7-3-5-20(26-22)16-10-13-25-14-11-16/h1-15H. The summed E-state index contributed by atoms with van der Waals surface area (Å²) in [6.45, 7) is 0. The van der Waals surface area contributed by atoms with Gasteiger partial charge in [-0.05, 0) is 36.4 Å². The van der Waals surface area contributed by atoms with Crippen molar-refractivity contribution < 1.29 is 4.42 Å². The van der Waals surface area contributed by atoms with Crippen molar-refractivity contribution in [3.05, 3.63) is 91.5 Å². The molecular formula is C24H15N3O. The molecule has 0 unspecified atom stereocenters. The van der Waals surface area contributed by atoms with Gasteiger partial charge in [-0.1, -0.05) is 36.4 Å². The van der Waals surface area contributed by atoms with Gasteiger partial charge in [0, 0.05) is 34.1 Å². The van der Waals surface area contributed by atoms with E-state index in [1.807, 2.05) is 36.4 Å². The van der Waals surface area contributed by atoms with Crippen molar-refractivity contribution in [1.82, 2.24) is 14.5 Å². The fourth-order valence-corrected chi connectivity index (χ4v) is 3.94. The Labute approximate surface area is 160 Å². The molecule has 0 aliphatic heterocycles. The third-order valence-electron chi connectivity index (χ3n) is 5.19. The number of nitrogens with zero attached hydrogens (tertiary/aromatic N) is 3. The molecule has 0 N–H and O–H groups in total. The molecule has 0 saturated heterocycles. The summed E-state index contributed by atoms with van der Waals surface area (Å²) >= 11 is 0. The van der Waals surface area contributed by atoms with Crippen molar-refractivity contribution in [1.29, 1.82) is 0 Å². The second-order valence-electron chi connectivity index (χ2n) is 6.77. The number of hydrogen-bond acceptors (Lipinski definition) is 3. The summed E-state index contributed by atoms with van der Waals surface area (Å²) in [7, 11) is 0. The third-order valence-corrected chi connectivity index (χ3v) is 5.19. The van der Waals surface area contributed by atoms with Gasteiger partial charge < -0.3 is 4.42 Å². The van der Waals surface area contributed by atoms with Crippen LogP contribution in [-0.2, 0) is 0 Å². The summed E-state index contributed by atoms with van der Waals surface area (Å²) in [4.78, 5) is 9.08. The van der Waals surface area contributed by atoms with Crippen molar-refractivity contribution in [3.8, 4) is 17.1 Å². The summed E-state index contributed by atoms with van der Waals surface area (Å²) in [5, 5.41) is 3.43. The first-order valence-electron chi connectivity index (χ1n) is 9.17. The second-order valence-corrected chi connectivity index (χ2v) is 6.77.